The van der Waals surface area contributed by atoms with Gasteiger partial charge in [-0.2, -0.15) is 0 Å². The summed E-state index contributed by atoms with van der Waals surface area (Å²) in [6.07, 6.45) is 5.08. The second-order valence-electron chi connectivity index (χ2n) is 0.761. The van der Waals surface area contributed by atoms with Crippen LogP contribution in [0.4, 0.5) is 0 Å². The number of hydrogen-bond donors (Lipinski definition) is 1. The molecule has 1 rings (SSSR count). The van der Waals surface area contributed by atoms with E-state index in [2.05, 4.69) is 9.97 Å². The van der Waals surface area contributed by atoms with Crippen molar-refractivity contribution in [2.24, 2.45) is 0 Å². The predicted molar refractivity (Wildman–Crippen MR) is 24.3 cm³/mol. The Kier molecular flexibility index (Phi) is 3.16. The molecule has 0 radical (unpaired) electrons. The van der Waals surface area contributed by atoms with Crippen molar-refractivity contribution in [1.82, 2.24) is 9.97 Å². The van der Waals surface area contributed by atoms with Crippen molar-refractivity contribution < 1.29 is 0 Å². The third kappa shape index (κ3) is 1.42. The van der Waals surface area contributed by atoms with Gasteiger partial charge >= 0.3 is 23.1 Å². The Hall–Kier alpha value is -0.0238. The summed E-state index contributed by atoms with van der Waals surface area (Å²) >= 11 is 0. The molecule has 1 aromatic rings. The van der Waals surface area contributed by atoms with Crippen LogP contribution in [0.3, 0.4) is 0 Å². The van der Waals surface area contributed by atoms with E-state index in [1.54, 1.807) is 18.7 Å². The minimum atomic E-state index is 0. The second-order valence-corrected chi connectivity index (χ2v) is 0.761. The second kappa shape index (κ2) is 3.18. The van der Waals surface area contributed by atoms with Crippen LogP contribution in [0.25, 0.3) is 0 Å². The van der Waals surface area contributed by atoms with E-state index >= 15 is 0 Å². The molecular formula is C3H4MgN2+2. The maximum atomic E-state index is 3.67. The van der Waals surface area contributed by atoms with Gasteiger partial charge in [-0.25, -0.2) is 4.98 Å². The Balaban J connectivity index is 0.000000250. The molecule has 0 atom stereocenters. The van der Waals surface area contributed by atoms with Crippen molar-refractivity contribution >= 4 is 23.1 Å². The van der Waals surface area contributed by atoms with Crippen LogP contribution in [0.2, 0.25) is 0 Å². The molecule has 0 saturated heterocycles. The third-order valence-electron chi connectivity index (χ3n) is 0.406. The van der Waals surface area contributed by atoms with Gasteiger partial charge in [0.15, 0.2) is 0 Å². The number of aromatic amines is 1. The van der Waals surface area contributed by atoms with Crippen molar-refractivity contribution in [3.8, 4) is 0 Å². The Morgan fingerprint density at radius 3 is 2.50 bits per heavy atom. The van der Waals surface area contributed by atoms with Gasteiger partial charge in [0.1, 0.15) is 0 Å². The van der Waals surface area contributed by atoms with Gasteiger partial charge in [0.05, 0.1) is 6.33 Å². The molecule has 0 unspecified atom stereocenters. The van der Waals surface area contributed by atoms with E-state index in [1.165, 1.54) is 0 Å². The molecule has 0 saturated carbocycles. The number of H-pyrrole nitrogens is 1. The molecule has 0 bridgehead atoms. The van der Waals surface area contributed by atoms with Crippen molar-refractivity contribution in [2.45, 2.75) is 0 Å². The quantitative estimate of drug-likeness (QED) is 0.449. The maximum absolute atomic E-state index is 3.67. The Bertz CT molecular complexity index is 65.3. The molecule has 2 nitrogen and oxygen atoms in total. The van der Waals surface area contributed by atoms with Crippen molar-refractivity contribution in [3.63, 3.8) is 0 Å². The molecule has 1 aromatic heterocycles. The van der Waals surface area contributed by atoms with Crippen LogP contribution < -0.4 is 0 Å². The van der Waals surface area contributed by atoms with Crippen LogP contribution in [0.15, 0.2) is 18.7 Å². The summed E-state index contributed by atoms with van der Waals surface area (Å²) in [6, 6.07) is 0. The van der Waals surface area contributed by atoms with Gasteiger partial charge in [0.2, 0.25) is 0 Å². The van der Waals surface area contributed by atoms with Crippen LogP contribution in [-0.4, -0.2) is 33.0 Å². The van der Waals surface area contributed by atoms with E-state index in [0.717, 1.165) is 0 Å². The number of aromatic nitrogens is 2. The van der Waals surface area contributed by atoms with Gasteiger partial charge in [-0.3, -0.25) is 0 Å². The molecule has 0 amide bonds. The molecular weight excluding hydrogens is 88.4 g/mol. The van der Waals surface area contributed by atoms with Gasteiger partial charge in [-0.1, -0.05) is 0 Å². The minimum absolute atomic E-state index is 0. The van der Waals surface area contributed by atoms with Gasteiger partial charge in [-0.05, 0) is 0 Å². The standard InChI is InChI=1S/C3H4N2.Mg/c1-2-5-3-4-1;/h1-3H,(H,4,5);/q;+2. The van der Waals surface area contributed by atoms with Crippen LogP contribution in [0.5, 0.6) is 0 Å². The minimum Gasteiger partial charge on any atom is -0.351 e. The van der Waals surface area contributed by atoms with E-state index < -0.39 is 0 Å². The average molecular weight is 92.4 g/mol. The summed E-state index contributed by atoms with van der Waals surface area (Å²) < 4.78 is 0. The number of nitrogens with zero attached hydrogens (tertiary/aromatic N) is 1. The largest absolute Gasteiger partial charge is 2.00 e. The first-order valence-electron chi connectivity index (χ1n) is 1.43. The molecule has 6 heavy (non-hydrogen) atoms. The first-order valence-corrected chi connectivity index (χ1v) is 1.43. The molecule has 1 heterocycles. The monoisotopic (exact) mass is 92.0 g/mol. The molecule has 0 aromatic carbocycles. The molecule has 0 spiro atoms. The third-order valence-corrected chi connectivity index (χ3v) is 0.406. The first-order chi connectivity index (χ1) is 2.50. The van der Waals surface area contributed by atoms with Crippen LogP contribution in [-0.2, 0) is 0 Å². The summed E-state index contributed by atoms with van der Waals surface area (Å²) in [5, 5.41) is 0. The smallest absolute Gasteiger partial charge is 0.351 e. The normalized spacial score (nSPS) is 6.67. The topological polar surface area (TPSA) is 28.7 Å². The summed E-state index contributed by atoms with van der Waals surface area (Å²) in [4.78, 5) is 6.42. The van der Waals surface area contributed by atoms with Crippen molar-refractivity contribution in [1.29, 1.82) is 0 Å². The number of hydrogen-bond acceptors (Lipinski definition) is 1. The summed E-state index contributed by atoms with van der Waals surface area (Å²) in [6.45, 7) is 0. The fraction of sp³-hybridized carbons (Fsp3) is 0. The Morgan fingerprint density at radius 2 is 2.33 bits per heavy atom. The summed E-state index contributed by atoms with van der Waals surface area (Å²) in [5.41, 5.74) is 0. The van der Waals surface area contributed by atoms with E-state index in [9.17, 15) is 0 Å². The average Bonchev–Trinajstić information content (AvgIpc) is 1.76. The van der Waals surface area contributed by atoms with Gasteiger partial charge in [0, 0.05) is 12.4 Å². The van der Waals surface area contributed by atoms with Gasteiger partial charge < -0.3 is 4.98 Å². The molecule has 1 N–H and O–H groups in total. The summed E-state index contributed by atoms with van der Waals surface area (Å²) in [7, 11) is 0. The zero-order chi connectivity index (χ0) is 3.54. The van der Waals surface area contributed by atoms with E-state index in [0.29, 0.717) is 0 Å². The van der Waals surface area contributed by atoms with Crippen molar-refractivity contribution in [3.05, 3.63) is 18.7 Å². The molecule has 26 valence electrons. The molecule has 0 fully saturated rings. The number of nitrogens with one attached hydrogen (secondary N) is 1. The van der Waals surface area contributed by atoms with Gasteiger partial charge in [0.25, 0.3) is 0 Å². The Morgan fingerprint density at radius 1 is 1.50 bits per heavy atom. The summed E-state index contributed by atoms with van der Waals surface area (Å²) in [5.74, 6) is 0. The van der Waals surface area contributed by atoms with E-state index in [4.69, 9.17) is 0 Å². The Labute approximate surface area is 52.1 Å². The molecule has 0 aliphatic carbocycles. The van der Waals surface area contributed by atoms with Gasteiger partial charge in [-0.15, -0.1) is 0 Å². The maximum Gasteiger partial charge on any atom is 2.00 e. The fourth-order valence-corrected chi connectivity index (χ4v) is 0.215. The zero-order valence-electron chi connectivity index (χ0n) is 3.39. The van der Waals surface area contributed by atoms with Crippen LogP contribution in [0.1, 0.15) is 0 Å². The molecule has 0 aliphatic heterocycles. The van der Waals surface area contributed by atoms with Crippen LogP contribution in [0, 0.1) is 0 Å². The predicted octanol–water partition coefficient (Wildman–Crippen LogP) is 0.0289. The van der Waals surface area contributed by atoms with Crippen molar-refractivity contribution in [2.75, 3.05) is 0 Å². The van der Waals surface area contributed by atoms with Crippen LogP contribution >= 0.6 is 0 Å². The fourth-order valence-electron chi connectivity index (χ4n) is 0.215. The van der Waals surface area contributed by atoms with E-state index in [1.807, 2.05) is 0 Å². The number of imidazole rings is 1. The molecule has 3 heteroatoms. The molecule has 0 aliphatic rings. The first kappa shape index (κ1) is 5.98. The number of rotatable bonds is 0. The van der Waals surface area contributed by atoms with E-state index in [-0.39, 0.29) is 23.1 Å². The zero-order valence-corrected chi connectivity index (χ0v) is 4.80. The SMILES string of the molecule is [Mg+2].c1c[nH]cn1.